The van der Waals surface area contributed by atoms with Gasteiger partial charge in [-0.3, -0.25) is 0 Å². The van der Waals surface area contributed by atoms with Crippen molar-refractivity contribution >= 4 is 0 Å². The largest absolute Gasteiger partial charge is 0.573 e. The van der Waals surface area contributed by atoms with Gasteiger partial charge in [-0.05, 0) is 24.3 Å². The van der Waals surface area contributed by atoms with Crippen LogP contribution in [0.1, 0.15) is 0 Å². The SMILES string of the molecule is FC(F)(F)Oc1ccc(-c2noc(-c3ccno3)n2)cc1. The van der Waals surface area contributed by atoms with Gasteiger partial charge in [-0.15, -0.1) is 13.2 Å². The third-order valence-corrected chi connectivity index (χ3v) is 2.42. The third-order valence-electron chi connectivity index (χ3n) is 2.42. The molecule has 2 aromatic heterocycles. The Hall–Kier alpha value is -2.84. The minimum absolute atomic E-state index is 0.123. The molecule has 0 amide bonds. The van der Waals surface area contributed by atoms with E-state index in [9.17, 15) is 13.2 Å². The Bertz CT molecular complexity index is 720. The van der Waals surface area contributed by atoms with E-state index in [2.05, 4.69) is 20.0 Å². The number of halogens is 3. The van der Waals surface area contributed by atoms with Crippen molar-refractivity contribution in [2.75, 3.05) is 0 Å². The number of benzene rings is 1. The minimum Gasteiger partial charge on any atom is -0.406 e. The van der Waals surface area contributed by atoms with Gasteiger partial charge in [-0.1, -0.05) is 10.3 Å². The molecule has 0 radical (unpaired) electrons. The molecule has 9 heteroatoms. The van der Waals surface area contributed by atoms with Crippen LogP contribution in [0.2, 0.25) is 0 Å². The van der Waals surface area contributed by atoms with Crippen molar-refractivity contribution in [3.63, 3.8) is 0 Å². The van der Waals surface area contributed by atoms with Crippen LogP contribution in [-0.4, -0.2) is 21.7 Å². The summed E-state index contributed by atoms with van der Waals surface area (Å²) in [5, 5.41) is 7.21. The van der Waals surface area contributed by atoms with E-state index >= 15 is 0 Å². The first-order valence-electron chi connectivity index (χ1n) is 5.62. The fraction of sp³-hybridized carbons (Fsp3) is 0.0833. The Balaban J connectivity index is 1.81. The minimum atomic E-state index is -4.73. The summed E-state index contributed by atoms with van der Waals surface area (Å²) in [6.07, 6.45) is -3.31. The molecule has 6 nitrogen and oxygen atoms in total. The lowest BCUT2D eigenvalue weighted by Crippen LogP contribution is -2.16. The van der Waals surface area contributed by atoms with Crippen LogP contribution in [0.25, 0.3) is 23.0 Å². The molecule has 0 aliphatic carbocycles. The Morgan fingerprint density at radius 2 is 1.76 bits per heavy atom. The van der Waals surface area contributed by atoms with Crippen molar-refractivity contribution in [1.82, 2.24) is 15.3 Å². The summed E-state index contributed by atoms with van der Waals surface area (Å²) in [5.74, 6) is 0.300. The van der Waals surface area contributed by atoms with E-state index in [0.29, 0.717) is 11.3 Å². The molecule has 21 heavy (non-hydrogen) atoms. The molecule has 3 aromatic rings. The zero-order chi connectivity index (χ0) is 14.9. The highest BCUT2D eigenvalue weighted by Gasteiger charge is 2.31. The van der Waals surface area contributed by atoms with E-state index in [1.54, 1.807) is 0 Å². The molecule has 0 fully saturated rings. The zero-order valence-electron chi connectivity index (χ0n) is 10.2. The average Bonchev–Trinajstić information content (AvgIpc) is 3.09. The van der Waals surface area contributed by atoms with Crippen LogP contribution < -0.4 is 4.74 Å². The van der Waals surface area contributed by atoms with Crippen LogP contribution in [0.3, 0.4) is 0 Å². The van der Waals surface area contributed by atoms with Crippen molar-refractivity contribution < 1.29 is 27.0 Å². The molecule has 0 N–H and O–H groups in total. The van der Waals surface area contributed by atoms with E-state index in [-0.39, 0.29) is 17.5 Å². The molecule has 0 spiro atoms. The van der Waals surface area contributed by atoms with Crippen molar-refractivity contribution in [2.24, 2.45) is 0 Å². The molecule has 0 saturated heterocycles. The summed E-state index contributed by atoms with van der Waals surface area (Å²) in [4.78, 5) is 4.05. The van der Waals surface area contributed by atoms with Crippen LogP contribution in [-0.2, 0) is 0 Å². The number of hydrogen-bond donors (Lipinski definition) is 0. The monoisotopic (exact) mass is 297 g/mol. The third kappa shape index (κ3) is 3.02. The Labute approximate surface area is 115 Å². The fourth-order valence-corrected chi connectivity index (χ4v) is 1.57. The number of aromatic nitrogens is 3. The standard InChI is InChI=1S/C12H6F3N3O3/c13-12(14,15)19-8-3-1-7(2-4-8)10-17-11(21-18-10)9-5-6-16-20-9/h1-6H. The molecule has 0 unspecified atom stereocenters. The summed E-state index contributed by atoms with van der Waals surface area (Å²) >= 11 is 0. The molecular weight excluding hydrogens is 291 g/mol. The van der Waals surface area contributed by atoms with E-state index in [1.807, 2.05) is 0 Å². The van der Waals surface area contributed by atoms with Crippen molar-refractivity contribution in [3.8, 4) is 28.8 Å². The highest BCUT2D eigenvalue weighted by Crippen LogP contribution is 2.26. The number of hydrogen-bond acceptors (Lipinski definition) is 6. The maximum atomic E-state index is 12.0. The second kappa shape index (κ2) is 4.93. The van der Waals surface area contributed by atoms with E-state index < -0.39 is 6.36 Å². The molecule has 0 aliphatic rings. The molecule has 0 saturated carbocycles. The van der Waals surface area contributed by atoms with Crippen molar-refractivity contribution in [2.45, 2.75) is 6.36 Å². The zero-order valence-corrected chi connectivity index (χ0v) is 10.2. The van der Waals surface area contributed by atoms with Gasteiger partial charge in [0.25, 0.3) is 5.89 Å². The van der Waals surface area contributed by atoms with Crippen LogP contribution in [0.15, 0.2) is 45.6 Å². The van der Waals surface area contributed by atoms with Gasteiger partial charge in [-0.25, -0.2) is 0 Å². The quantitative estimate of drug-likeness (QED) is 0.738. The van der Waals surface area contributed by atoms with Gasteiger partial charge in [0, 0.05) is 11.6 Å². The van der Waals surface area contributed by atoms with Crippen LogP contribution in [0, 0.1) is 0 Å². The number of nitrogens with zero attached hydrogens (tertiary/aromatic N) is 3. The highest BCUT2D eigenvalue weighted by atomic mass is 19.4. The normalized spacial score (nSPS) is 11.6. The molecule has 0 bridgehead atoms. The summed E-state index contributed by atoms with van der Waals surface area (Å²) in [6.45, 7) is 0. The molecule has 3 rings (SSSR count). The summed E-state index contributed by atoms with van der Waals surface area (Å²) in [5.41, 5.74) is 0.471. The van der Waals surface area contributed by atoms with Crippen LogP contribution >= 0.6 is 0 Å². The van der Waals surface area contributed by atoms with Gasteiger partial charge in [-0.2, -0.15) is 4.98 Å². The molecular formula is C12H6F3N3O3. The van der Waals surface area contributed by atoms with Crippen molar-refractivity contribution in [1.29, 1.82) is 0 Å². The van der Waals surface area contributed by atoms with Gasteiger partial charge in [0.05, 0.1) is 6.20 Å². The van der Waals surface area contributed by atoms with Gasteiger partial charge in [0.1, 0.15) is 5.75 Å². The van der Waals surface area contributed by atoms with E-state index in [0.717, 1.165) is 12.1 Å². The predicted octanol–water partition coefficient (Wildman–Crippen LogP) is 3.29. The van der Waals surface area contributed by atoms with Crippen LogP contribution in [0.4, 0.5) is 13.2 Å². The smallest absolute Gasteiger partial charge is 0.406 e. The molecule has 108 valence electrons. The molecule has 0 aliphatic heterocycles. The van der Waals surface area contributed by atoms with E-state index in [1.165, 1.54) is 24.4 Å². The first-order chi connectivity index (χ1) is 10.0. The van der Waals surface area contributed by atoms with E-state index in [4.69, 9.17) is 9.05 Å². The maximum absolute atomic E-state index is 12.0. The second-order valence-electron chi connectivity index (χ2n) is 3.87. The molecule has 0 atom stereocenters. The predicted molar refractivity (Wildman–Crippen MR) is 61.9 cm³/mol. The maximum Gasteiger partial charge on any atom is 0.573 e. The number of rotatable bonds is 3. The molecule has 1 aromatic carbocycles. The average molecular weight is 297 g/mol. The molecule has 2 heterocycles. The lowest BCUT2D eigenvalue weighted by Gasteiger charge is -2.08. The highest BCUT2D eigenvalue weighted by molar-refractivity contribution is 5.58. The van der Waals surface area contributed by atoms with Crippen LogP contribution in [0.5, 0.6) is 5.75 Å². The summed E-state index contributed by atoms with van der Waals surface area (Å²) in [6, 6.07) is 6.63. The van der Waals surface area contributed by atoms with Crippen molar-refractivity contribution in [3.05, 3.63) is 36.5 Å². The summed E-state index contributed by atoms with van der Waals surface area (Å²) in [7, 11) is 0. The lowest BCUT2D eigenvalue weighted by atomic mass is 10.2. The Kier molecular flexibility index (Phi) is 3.09. The first kappa shape index (κ1) is 13.2. The lowest BCUT2D eigenvalue weighted by molar-refractivity contribution is -0.274. The summed E-state index contributed by atoms with van der Waals surface area (Å²) < 4.78 is 49.7. The fourth-order valence-electron chi connectivity index (χ4n) is 1.57. The topological polar surface area (TPSA) is 74.2 Å². The Morgan fingerprint density at radius 1 is 1.00 bits per heavy atom. The number of ether oxygens (including phenoxy) is 1. The second-order valence-corrected chi connectivity index (χ2v) is 3.87. The Morgan fingerprint density at radius 3 is 2.38 bits per heavy atom. The van der Waals surface area contributed by atoms with Gasteiger partial charge in [0.15, 0.2) is 0 Å². The number of alkyl halides is 3. The van der Waals surface area contributed by atoms with Gasteiger partial charge in [0.2, 0.25) is 11.6 Å². The van der Waals surface area contributed by atoms with Gasteiger partial charge < -0.3 is 13.8 Å². The van der Waals surface area contributed by atoms with Gasteiger partial charge >= 0.3 is 6.36 Å². The first-order valence-corrected chi connectivity index (χ1v) is 5.62.